The second kappa shape index (κ2) is 4.28. The first kappa shape index (κ1) is 11.5. The van der Waals surface area contributed by atoms with E-state index < -0.39 is 5.41 Å². The fourth-order valence-electron chi connectivity index (χ4n) is 1.70. The van der Waals surface area contributed by atoms with Gasteiger partial charge in [-0.05, 0) is 26.7 Å². The zero-order chi connectivity index (χ0) is 10.8. The van der Waals surface area contributed by atoms with Crippen LogP contribution < -0.4 is 0 Å². The van der Waals surface area contributed by atoms with Crippen molar-refractivity contribution in [3.05, 3.63) is 0 Å². The molecule has 0 aromatic heterocycles. The van der Waals surface area contributed by atoms with Gasteiger partial charge in [-0.25, -0.2) is 0 Å². The van der Waals surface area contributed by atoms with Gasteiger partial charge in [0.25, 0.3) is 0 Å². The van der Waals surface area contributed by atoms with Crippen LogP contribution in [0.15, 0.2) is 0 Å². The minimum absolute atomic E-state index is 0.154. The lowest BCUT2D eigenvalue weighted by molar-refractivity contribution is -0.167. The highest BCUT2D eigenvalue weighted by molar-refractivity contribution is 5.76. The van der Waals surface area contributed by atoms with Crippen LogP contribution in [0, 0.1) is 5.41 Å². The predicted octanol–water partition coefficient (Wildman–Crippen LogP) is 0.725. The Morgan fingerprint density at radius 1 is 1.50 bits per heavy atom. The first-order valence-electron chi connectivity index (χ1n) is 4.86. The molecule has 1 fully saturated rings. The molecule has 1 aliphatic rings. The Hall–Kier alpha value is -0.610. The van der Waals surface area contributed by atoms with Gasteiger partial charge in [0.05, 0.1) is 31.3 Å². The number of carbonyl (C=O) groups excluding carboxylic acids is 1. The van der Waals surface area contributed by atoms with Crippen LogP contribution in [0.4, 0.5) is 0 Å². The maximum Gasteiger partial charge on any atom is 0.313 e. The molecule has 4 nitrogen and oxygen atoms in total. The summed E-state index contributed by atoms with van der Waals surface area (Å²) in [6.07, 6.45) is 0.840. The van der Waals surface area contributed by atoms with Crippen LogP contribution in [0.2, 0.25) is 0 Å². The van der Waals surface area contributed by atoms with Crippen molar-refractivity contribution in [2.45, 2.75) is 38.9 Å². The molecule has 0 spiro atoms. The molecule has 0 amide bonds. The fourth-order valence-corrected chi connectivity index (χ4v) is 1.70. The molecular weight excluding hydrogens is 184 g/mol. The highest BCUT2D eigenvalue weighted by atomic mass is 16.5. The van der Waals surface area contributed by atoms with Crippen LogP contribution in [-0.4, -0.2) is 37.0 Å². The van der Waals surface area contributed by atoms with Crippen LogP contribution in [0.3, 0.4) is 0 Å². The van der Waals surface area contributed by atoms with Crippen LogP contribution >= 0.6 is 0 Å². The van der Waals surface area contributed by atoms with Gasteiger partial charge in [0, 0.05) is 0 Å². The summed E-state index contributed by atoms with van der Waals surface area (Å²) < 4.78 is 10.1. The molecule has 1 heterocycles. The molecule has 4 heteroatoms. The number of aliphatic hydroxyl groups is 1. The number of hydrogen-bond acceptors (Lipinski definition) is 4. The minimum Gasteiger partial charge on any atom is -0.469 e. The standard InChI is InChI=1S/C10H18O4/c1-10(2,9(12)13-3)8-5-4-7(11)6-14-8/h7-8,11H,4-6H2,1-3H3/t7-,8+/m1/s1. The van der Waals surface area contributed by atoms with Gasteiger partial charge in [0.1, 0.15) is 0 Å². The van der Waals surface area contributed by atoms with Crippen molar-refractivity contribution < 1.29 is 19.4 Å². The lowest BCUT2D eigenvalue weighted by Crippen LogP contribution is -2.44. The third-order valence-corrected chi connectivity index (χ3v) is 2.77. The van der Waals surface area contributed by atoms with E-state index in [1.54, 1.807) is 13.8 Å². The SMILES string of the molecule is COC(=O)C(C)(C)[C@@H]1CC[C@@H](O)CO1. The summed E-state index contributed by atoms with van der Waals surface area (Å²) in [5.41, 5.74) is -0.630. The topological polar surface area (TPSA) is 55.8 Å². The minimum atomic E-state index is -0.630. The van der Waals surface area contributed by atoms with E-state index in [0.29, 0.717) is 19.4 Å². The summed E-state index contributed by atoms with van der Waals surface area (Å²) in [6.45, 7) is 3.92. The molecule has 0 unspecified atom stereocenters. The normalized spacial score (nSPS) is 28.6. The summed E-state index contributed by atoms with van der Waals surface area (Å²) >= 11 is 0. The molecule has 0 saturated carbocycles. The smallest absolute Gasteiger partial charge is 0.313 e. The summed E-state index contributed by atoms with van der Waals surface area (Å²) in [7, 11) is 1.38. The van der Waals surface area contributed by atoms with Crippen LogP contribution in [0.25, 0.3) is 0 Å². The summed E-state index contributed by atoms with van der Waals surface area (Å²) in [4.78, 5) is 11.4. The average molecular weight is 202 g/mol. The summed E-state index contributed by atoms with van der Waals surface area (Å²) in [5, 5.41) is 9.25. The summed E-state index contributed by atoms with van der Waals surface area (Å²) in [5.74, 6) is -0.265. The van der Waals surface area contributed by atoms with Crippen LogP contribution in [-0.2, 0) is 14.3 Å². The van der Waals surface area contributed by atoms with E-state index >= 15 is 0 Å². The molecule has 1 N–H and O–H groups in total. The lowest BCUT2D eigenvalue weighted by atomic mass is 9.82. The zero-order valence-electron chi connectivity index (χ0n) is 8.95. The van der Waals surface area contributed by atoms with Crippen LogP contribution in [0.1, 0.15) is 26.7 Å². The van der Waals surface area contributed by atoms with Crippen LogP contribution in [0.5, 0.6) is 0 Å². The van der Waals surface area contributed by atoms with Crippen molar-refractivity contribution in [1.29, 1.82) is 0 Å². The van der Waals surface area contributed by atoms with Gasteiger partial charge in [0.2, 0.25) is 0 Å². The van der Waals surface area contributed by atoms with E-state index in [0.717, 1.165) is 0 Å². The van der Waals surface area contributed by atoms with Gasteiger partial charge in [-0.1, -0.05) is 0 Å². The Morgan fingerprint density at radius 2 is 2.14 bits per heavy atom. The Bertz CT molecular complexity index is 204. The largest absolute Gasteiger partial charge is 0.469 e. The molecule has 0 aromatic rings. The van der Waals surface area contributed by atoms with Gasteiger partial charge in [0.15, 0.2) is 0 Å². The Labute approximate surface area is 84.2 Å². The van der Waals surface area contributed by atoms with Crippen molar-refractivity contribution in [1.82, 2.24) is 0 Å². The van der Waals surface area contributed by atoms with Gasteiger partial charge in [-0.2, -0.15) is 0 Å². The number of aliphatic hydroxyl groups excluding tert-OH is 1. The van der Waals surface area contributed by atoms with E-state index in [-0.39, 0.29) is 18.2 Å². The van der Waals surface area contributed by atoms with Crippen molar-refractivity contribution in [3.8, 4) is 0 Å². The first-order chi connectivity index (χ1) is 6.48. The fraction of sp³-hybridized carbons (Fsp3) is 0.900. The molecule has 1 saturated heterocycles. The highest BCUT2D eigenvalue weighted by Crippen LogP contribution is 2.31. The van der Waals surface area contributed by atoms with E-state index in [9.17, 15) is 9.90 Å². The number of ether oxygens (including phenoxy) is 2. The number of carbonyl (C=O) groups is 1. The second-order valence-electron chi connectivity index (χ2n) is 4.27. The molecule has 82 valence electrons. The highest BCUT2D eigenvalue weighted by Gasteiger charge is 2.40. The van der Waals surface area contributed by atoms with Gasteiger partial charge in [-0.15, -0.1) is 0 Å². The molecule has 1 aliphatic heterocycles. The molecule has 2 atom stereocenters. The van der Waals surface area contributed by atoms with Gasteiger partial charge >= 0.3 is 5.97 Å². The molecule has 0 aromatic carbocycles. The van der Waals surface area contributed by atoms with Crippen molar-refractivity contribution in [2.75, 3.05) is 13.7 Å². The van der Waals surface area contributed by atoms with E-state index in [2.05, 4.69) is 0 Å². The van der Waals surface area contributed by atoms with E-state index in [4.69, 9.17) is 9.47 Å². The van der Waals surface area contributed by atoms with Gasteiger partial charge < -0.3 is 14.6 Å². The molecule has 1 rings (SSSR count). The second-order valence-corrected chi connectivity index (χ2v) is 4.27. The molecule has 0 bridgehead atoms. The quantitative estimate of drug-likeness (QED) is 0.670. The average Bonchev–Trinajstić information content (AvgIpc) is 2.17. The maximum absolute atomic E-state index is 11.4. The summed E-state index contributed by atoms with van der Waals surface area (Å²) in [6, 6.07) is 0. The monoisotopic (exact) mass is 202 g/mol. The third kappa shape index (κ3) is 2.25. The van der Waals surface area contributed by atoms with E-state index in [1.165, 1.54) is 7.11 Å². The van der Waals surface area contributed by atoms with E-state index in [1.807, 2.05) is 0 Å². The Morgan fingerprint density at radius 3 is 2.57 bits per heavy atom. The van der Waals surface area contributed by atoms with Crippen molar-refractivity contribution >= 4 is 5.97 Å². The molecule has 0 radical (unpaired) electrons. The van der Waals surface area contributed by atoms with Crippen molar-refractivity contribution in [3.63, 3.8) is 0 Å². The number of esters is 1. The molecule has 14 heavy (non-hydrogen) atoms. The number of methoxy groups -OCH3 is 1. The predicted molar refractivity (Wildman–Crippen MR) is 50.8 cm³/mol. The van der Waals surface area contributed by atoms with Crippen molar-refractivity contribution in [2.24, 2.45) is 5.41 Å². The number of hydrogen-bond donors (Lipinski definition) is 1. The maximum atomic E-state index is 11.4. The Kier molecular flexibility index (Phi) is 3.50. The number of rotatable bonds is 2. The first-order valence-corrected chi connectivity index (χ1v) is 4.86. The zero-order valence-corrected chi connectivity index (χ0v) is 8.95. The third-order valence-electron chi connectivity index (χ3n) is 2.77. The van der Waals surface area contributed by atoms with Gasteiger partial charge in [-0.3, -0.25) is 4.79 Å². The molecular formula is C10H18O4. The Balaban J connectivity index is 2.59. The lowest BCUT2D eigenvalue weighted by Gasteiger charge is -2.35. The molecule has 0 aliphatic carbocycles.